The number of fused-ring (bicyclic) bond motifs is 2. The first-order chi connectivity index (χ1) is 18.6. The summed E-state index contributed by atoms with van der Waals surface area (Å²) in [5, 5.41) is 8.72. The van der Waals surface area contributed by atoms with Crippen LogP contribution in [-0.4, -0.2) is 69.9 Å². The fourth-order valence-corrected chi connectivity index (χ4v) is 5.50. The molecular formula is C29H30N4O5. The fourth-order valence-electron chi connectivity index (χ4n) is 5.50. The van der Waals surface area contributed by atoms with Crippen LogP contribution in [0.2, 0.25) is 0 Å². The number of benzene rings is 3. The third-order valence-electron chi connectivity index (χ3n) is 7.48. The summed E-state index contributed by atoms with van der Waals surface area (Å²) in [6.07, 6.45) is 0. The van der Waals surface area contributed by atoms with Crippen LogP contribution >= 0.6 is 0 Å². The minimum absolute atomic E-state index is 0.0707. The molecular weight excluding hydrogens is 484 g/mol. The van der Waals surface area contributed by atoms with Crippen LogP contribution in [0.15, 0.2) is 47.0 Å². The molecule has 0 unspecified atom stereocenters. The summed E-state index contributed by atoms with van der Waals surface area (Å²) in [6.45, 7) is 6.84. The van der Waals surface area contributed by atoms with Gasteiger partial charge in [-0.05, 0) is 12.6 Å². The molecule has 0 amide bonds. The van der Waals surface area contributed by atoms with Gasteiger partial charge < -0.3 is 33.9 Å². The molecule has 9 nitrogen and oxygen atoms in total. The van der Waals surface area contributed by atoms with Crippen molar-refractivity contribution >= 4 is 33.7 Å². The van der Waals surface area contributed by atoms with Gasteiger partial charge in [0.25, 0.3) is 0 Å². The van der Waals surface area contributed by atoms with E-state index in [1.807, 2.05) is 42.5 Å². The molecule has 2 aliphatic rings. The molecule has 2 heterocycles. The number of carbonyl (C=O) groups is 1. The number of anilines is 3. The zero-order valence-corrected chi connectivity index (χ0v) is 22.0. The molecule has 0 spiro atoms. The highest BCUT2D eigenvalue weighted by molar-refractivity contribution is 6.28. The Kier molecular flexibility index (Phi) is 6.07. The SMILES string of the molecule is CCN1CCN(c2cc(Nc3cc(OC)c(OC)c(OC)c3)c3c4c(onc24)-c2ccccc2C3=O)CC1. The lowest BCUT2D eigenvalue weighted by Gasteiger charge is -2.36. The topological polar surface area (TPSA) is 89.3 Å². The number of rotatable bonds is 7. The fraction of sp³-hybridized carbons (Fsp3) is 0.310. The second-order valence-corrected chi connectivity index (χ2v) is 9.39. The van der Waals surface area contributed by atoms with E-state index < -0.39 is 0 Å². The lowest BCUT2D eigenvalue weighted by molar-refractivity contribution is 0.104. The monoisotopic (exact) mass is 514 g/mol. The highest BCUT2D eigenvalue weighted by Gasteiger charge is 2.34. The van der Waals surface area contributed by atoms with Crippen LogP contribution in [0.25, 0.3) is 22.2 Å². The maximum atomic E-state index is 13.9. The van der Waals surface area contributed by atoms with Crippen LogP contribution in [0.4, 0.5) is 17.1 Å². The number of aromatic nitrogens is 1. The number of hydrogen-bond donors (Lipinski definition) is 1. The van der Waals surface area contributed by atoms with Crippen LogP contribution in [0, 0.1) is 0 Å². The van der Waals surface area contributed by atoms with Crippen LogP contribution in [-0.2, 0) is 0 Å². The first-order valence-corrected chi connectivity index (χ1v) is 12.7. The minimum atomic E-state index is -0.0707. The van der Waals surface area contributed by atoms with Crippen molar-refractivity contribution < 1.29 is 23.5 Å². The van der Waals surface area contributed by atoms with E-state index in [2.05, 4.69) is 27.2 Å². The molecule has 6 rings (SSSR count). The molecule has 1 saturated heterocycles. The molecule has 196 valence electrons. The maximum Gasteiger partial charge on any atom is 0.203 e. The van der Waals surface area contributed by atoms with Gasteiger partial charge in [-0.15, -0.1) is 0 Å². The van der Waals surface area contributed by atoms with E-state index in [-0.39, 0.29) is 5.78 Å². The van der Waals surface area contributed by atoms with Gasteiger partial charge in [0.15, 0.2) is 23.0 Å². The molecule has 0 saturated carbocycles. The molecule has 9 heteroatoms. The number of likely N-dealkylation sites (N-methyl/N-ethyl adjacent to an activating group) is 1. The molecule has 4 aromatic rings. The van der Waals surface area contributed by atoms with E-state index in [9.17, 15) is 4.79 Å². The van der Waals surface area contributed by atoms with Crippen LogP contribution in [0.3, 0.4) is 0 Å². The summed E-state index contributed by atoms with van der Waals surface area (Å²) in [5.74, 6) is 2.08. The molecule has 3 aromatic carbocycles. The second-order valence-electron chi connectivity index (χ2n) is 9.39. The number of piperazine rings is 1. The first-order valence-electron chi connectivity index (χ1n) is 12.7. The standard InChI is InChI=1S/C29H30N4O5/c1-5-32-10-12-33(13-11-32)21-16-20(30-17-14-22(35-2)29(37-4)23(15-17)36-3)24-25-26(21)31-38-28(25)19-9-7-6-8-18(19)27(24)34/h6-9,14-16,30H,5,10-13H2,1-4H3. The normalized spacial score (nSPS) is 14.9. The van der Waals surface area contributed by atoms with Gasteiger partial charge in [-0.1, -0.05) is 36.3 Å². The number of methoxy groups -OCH3 is 3. The van der Waals surface area contributed by atoms with E-state index in [0.29, 0.717) is 51.0 Å². The van der Waals surface area contributed by atoms with Gasteiger partial charge in [0, 0.05) is 55.1 Å². The molecule has 1 aliphatic carbocycles. The van der Waals surface area contributed by atoms with Gasteiger partial charge in [0.1, 0.15) is 5.52 Å². The van der Waals surface area contributed by atoms with Crippen molar-refractivity contribution in [3.8, 4) is 28.6 Å². The average Bonchev–Trinajstić information content (AvgIpc) is 3.41. The number of hydrogen-bond acceptors (Lipinski definition) is 9. The molecule has 38 heavy (non-hydrogen) atoms. The molecule has 0 radical (unpaired) electrons. The third-order valence-corrected chi connectivity index (χ3v) is 7.48. The predicted molar refractivity (Wildman–Crippen MR) is 147 cm³/mol. The highest BCUT2D eigenvalue weighted by Crippen LogP contribution is 2.47. The smallest absolute Gasteiger partial charge is 0.203 e. The Morgan fingerprint density at radius 3 is 2.26 bits per heavy atom. The summed E-state index contributed by atoms with van der Waals surface area (Å²) in [5.41, 5.74) is 4.91. The molecule has 0 bridgehead atoms. The van der Waals surface area contributed by atoms with Gasteiger partial charge in [-0.3, -0.25) is 4.79 Å². The first kappa shape index (κ1) is 24.1. The lowest BCUT2D eigenvalue weighted by Crippen LogP contribution is -2.46. The van der Waals surface area contributed by atoms with E-state index in [0.717, 1.165) is 49.4 Å². The number of ether oxygens (including phenoxy) is 3. The zero-order valence-electron chi connectivity index (χ0n) is 22.0. The largest absolute Gasteiger partial charge is 0.493 e. The van der Waals surface area contributed by atoms with Crippen molar-refractivity contribution in [3.05, 3.63) is 53.6 Å². The van der Waals surface area contributed by atoms with Crippen molar-refractivity contribution in [2.75, 3.05) is 64.3 Å². The molecule has 0 atom stereocenters. The zero-order chi connectivity index (χ0) is 26.4. The Hall–Kier alpha value is -4.24. The van der Waals surface area contributed by atoms with Gasteiger partial charge >= 0.3 is 0 Å². The third kappa shape index (κ3) is 3.73. The summed E-state index contributed by atoms with van der Waals surface area (Å²) < 4.78 is 22.5. The quantitative estimate of drug-likeness (QED) is 0.324. The summed E-state index contributed by atoms with van der Waals surface area (Å²) in [7, 11) is 4.73. The number of carbonyl (C=O) groups excluding carboxylic acids is 1. The number of nitrogens with zero attached hydrogens (tertiary/aromatic N) is 3. The maximum absolute atomic E-state index is 13.9. The highest BCUT2D eigenvalue weighted by atomic mass is 16.5. The van der Waals surface area contributed by atoms with Gasteiger partial charge in [-0.2, -0.15) is 0 Å². The van der Waals surface area contributed by atoms with Crippen LogP contribution in [0.1, 0.15) is 22.8 Å². The van der Waals surface area contributed by atoms with Crippen LogP contribution in [0.5, 0.6) is 17.2 Å². The van der Waals surface area contributed by atoms with Gasteiger partial charge in [-0.25, -0.2) is 0 Å². The Bertz CT molecular complexity index is 1510. The van der Waals surface area contributed by atoms with E-state index >= 15 is 0 Å². The predicted octanol–water partition coefficient (Wildman–Crippen LogP) is 4.95. The number of nitrogens with one attached hydrogen (secondary N) is 1. The van der Waals surface area contributed by atoms with Gasteiger partial charge in [0.05, 0.1) is 43.7 Å². The van der Waals surface area contributed by atoms with Crippen molar-refractivity contribution in [1.29, 1.82) is 0 Å². The van der Waals surface area contributed by atoms with Gasteiger partial charge in [0.2, 0.25) is 5.75 Å². The Balaban J connectivity index is 1.54. The second kappa shape index (κ2) is 9.57. The summed E-state index contributed by atoms with van der Waals surface area (Å²) in [6, 6.07) is 13.2. The lowest BCUT2D eigenvalue weighted by atomic mass is 9.86. The average molecular weight is 515 g/mol. The summed E-state index contributed by atoms with van der Waals surface area (Å²) in [4.78, 5) is 18.7. The summed E-state index contributed by atoms with van der Waals surface area (Å²) >= 11 is 0. The van der Waals surface area contributed by atoms with E-state index in [1.54, 1.807) is 21.3 Å². The number of ketones is 1. The minimum Gasteiger partial charge on any atom is -0.493 e. The molecule has 1 N–H and O–H groups in total. The Labute approximate surface area is 220 Å². The van der Waals surface area contributed by atoms with E-state index in [1.165, 1.54) is 0 Å². The van der Waals surface area contributed by atoms with Crippen molar-refractivity contribution in [2.24, 2.45) is 0 Å². The van der Waals surface area contributed by atoms with Crippen molar-refractivity contribution in [3.63, 3.8) is 0 Å². The van der Waals surface area contributed by atoms with E-state index in [4.69, 9.17) is 18.7 Å². The Morgan fingerprint density at radius 2 is 1.63 bits per heavy atom. The van der Waals surface area contributed by atoms with Crippen molar-refractivity contribution in [2.45, 2.75) is 6.92 Å². The molecule has 1 aromatic heterocycles. The van der Waals surface area contributed by atoms with Crippen molar-refractivity contribution in [1.82, 2.24) is 10.1 Å². The molecule has 1 aliphatic heterocycles. The molecule has 1 fully saturated rings. The van der Waals surface area contributed by atoms with Crippen LogP contribution < -0.4 is 24.4 Å². The Morgan fingerprint density at radius 1 is 0.947 bits per heavy atom.